The lowest BCUT2D eigenvalue weighted by atomic mass is 10.2. The third-order valence-corrected chi connectivity index (χ3v) is 4.09. The number of hydrogen-bond acceptors (Lipinski definition) is 6. The van der Waals surface area contributed by atoms with Crippen LogP contribution in [0.5, 0.6) is 11.5 Å². The summed E-state index contributed by atoms with van der Waals surface area (Å²) in [4.78, 5) is 26.6. The lowest BCUT2D eigenvalue weighted by Gasteiger charge is -2.05. The van der Waals surface area contributed by atoms with Gasteiger partial charge in [0, 0.05) is 17.7 Å². The Balaban J connectivity index is 1.57. The normalized spacial score (nSPS) is 14.4. The number of nitro groups is 1. The van der Waals surface area contributed by atoms with E-state index >= 15 is 0 Å². The molecular formula is C22H14N2O5. The first-order valence-corrected chi connectivity index (χ1v) is 8.69. The minimum atomic E-state index is -0.590. The summed E-state index contributed by atoms with van der Waals surface area (Å²) in [7, 11) is 0. The number of nitro benzene ring substituents is 1. The topological polar surface area (TPSA) is 91.0 Å². The van der Waals surface area contributed by atoms with Crippen LogP contribution in [0.4, 0.5) is 5.69 Å². The zero-order valence-electron chi connectivity index (χ0n) is 15.0. The molecule has 4 rings (SSSR count). The fourth-order valence-corrected chi connectivity index (χ4v) is 2.71. The van der Waals surface area contributed by atoms with E-state index in [9.17, 15) is 14.9 Å². The van der Waals surface area contributed by atoms with Crippen LogP contribution in [0.3, 0.4) is 0 Å². The first kappa shape index (κ1) is 18.1. The van der Waals surface area contributed by atoms with Crippen LogP contribution < -0.4 is 4.74 Å². The molecule has 0 N–H and O–H groups in total. The van der Waals surface area contributed by atoms with E-state index in [4.69, 9.17) is 9.47 Å². The molecule has 0 unspecified atom stereocenters. The average molecular weight is 386 g/mol. The second kappa shape index (κ2) is 7.77. The summed E-state index contributed by atoms with van der Waals surface area (Å²) in [6.45, 7) is 0. The third kappa shape index (κ3) is 4.19. The summed E-state index contributed by atoms with van der Waals surface area (Å²) < 4.78 is 11.0. The first-order chi connectivity index (χ1) is 14.1. The Morgan fingerprint density at radius 3 is 2.38 bits per heavy atom. The van der Waals surface area contributed by atoms with Crippen LogP contribution in [-0.2, 0) is 9.53 Å². The number of cyclic esters (lactones) is 1. The van der Waals surface area contributed by atoms with Crippen LogP contribution in [0, 0.1) is 10.1 Å². The molecule has 0 aromatic heterocycles. The number of rotatable bonds is 5. The van der Waals surface area contributed by atoms with Gasteiger partial charge >= 0.3 is 5.97 Å². The number of para-hydroxylation sites is 1. The third-order valence-electron chi connectivity index (χ3n) is 4.09. The predicted octanol–water partition coefficient (Wildman–Crippen LogP) is 4.73. The molecule has 29 heavy (non-hydrogen) atoms. The van der Waals surface area contributed by atoms with Gasteiger partial charge in [0.05, 0.1) is 4.92 Å². The highest BCUT2D eigenvalue weighted by Gasteiger charge is 2.24. The number of carbonyl (C=O) groups is 1. The molecule has 0 spiro atoms. The molecule has 0 saturated heterocycles. The number of aliphatic imine (C=N–C) groups is 1. The summed E-state index contributed by atoms with van der Waals surface area (Å²) in [5, 5.41) is 10.8. The predicted molar refractivity (Wildman–Crippen MR) is 107 cm³/mol. The molecule has 0 bridgehead atoms. The van der Waals surface area contributed by atoms with Gasteiger partial charge in [0.25, 0.3) is 5.69 Å². The largest absolute Gasteiger partial charge is 0.457 e. The number of nitrogens with zero attached hydrogens (tertiary/aromatic N) is 2. The van der Waals surface area contributed by atoms with E-state index in [1.54, 1.807) is 12.1 Å². The molecule has 0 radical (unpaired) electrons. The van der Waals surface area contributed by atoms with Crippen molar-refractivity contribution in [3.05, 3.63) is 106 Å². The first-order valence-electron chi connectivity index (χ1n) is 8.69. The molecule has 142 valence electrons. The van der Waals surface area contributed by atoms with Crippen molar-refractivity contribution in [2.75, 3.05) is 0 Å². The quantitative estimate of drug-likeness (QED) is 0.274. The van der Waals surface area contributed by atoms with Gasteiger partial charge in [0.15, 0.2) is 5.70 Å². The molecule has 1 aliphatic rings. The molecule has 0 fully saturated rings. The van der Waals surface area contributed by atoms with E-state index < -0.39 is 10.9 Å². The molecule has 3 aromatic rings. The SMILES string of the molecule is O=C1OC(c2ccc([N+](=O)[O-])cc2)=N/C1=C\c1cccc(Oc2ccccc2)c1. The van der Waals surface area contributed by atoms with Crippen LogP contribution >= 0.6 is 0 Å². The molecule has 3 aromatic carbocycles. The minimum absolute atomic E-state index is 0.0512. The summed E-state index contributed by atoms with van der Waals surface area (Å²) in [5.41, 5.74) is 1.28. The smallest absolute Gasteiger partial charge is 0.363 e. The lowest BCUT2D eigenvalue weighted by Crippen LogP contribution is -2.05. The molecule has 0 aliphatic carbocycles. The van der Waals surface area contributed by atoms with E-state index in [2.05, 4.69) is 4.99 Å². The van der Waals surface area contributed by atoms with Gasteiger partial charge < -0.3 is 9.47 Å². The summed E-state index contributed by atoms with van der Waals surface area (Å²) in [6, 6.07) is 22.2. The van der Waals surface area contributed by atoms with Gasteiger partial charge in [-0.15, -0.1) is 0 Å². The van der Waals surface area contributed by atoms with Crippen LogP contribution in [-0.4, -0.2) is 16.8 Å². The Kier molecular flexibility index (Phi) is 4.86. The minimum Gasteiger partial charge on any atom is -0.457 e. The number of ether oxygens (including phenoxy) is 2. The Hall–Kier alpha value is -4.26. The van der Waals surface area contributed by atoms with E-state index in [0.29, 0.717) is 17.1 Å². The van der Waals surface area contributed by atoms with Crippen molar-refractivity contribution in [3.63, 3.8) is 0 Å². The maximum absolute atomic E-state index is 12.2. The molecule has 7 heteroatoms. The van der Waals surface area contributed by atoms with Crippen molar-refractivity contribution in [2.45, 2.75) is 0 Å². The summed E-state index contributed by atoms with van der Waals surface area (Å²) in [5.74, 6) is 0.841. The van der Waals surface area contributed by atoms with Crippen molar-refractivity contribution < 1.29 is 19.2 Å². The maximum atomic E-state index is 12.2. The van der Waals surface area contributed by atoms with E-state index in [-0.39, 0.29) is 17.3 Å². The highest BCUT2D eigenvalue weighted by Crippen LogP contribution is 2.25. The number of esters is 1. The van der Waals surface area contributed by atoms with E-state index in [0.717, 1.165) is 5.56 Å². The molecular weight excluding hydrogens is 372 g/mol. The van der Waals surface area contributed by atoms with Gasteiger partial charge in [0.1, 0.15) is 11.5 Å². The van der Waals surface area contributed by atoms with Crippen molar-refractivity contribution in [1.82, 2.24) is 0 Å². The Bertz CT molecular complexity index is 1140. The standard InChI is InChI=1S/C22H14N2O5/c25-22-20(23-21(29-22)16-9-11-17(12-10-16)24(26)27)14-15-5-4-8-19(13-15)28-18-6-2-1-3-7-18/h1-14H/b20-14-. The maximum Gasteiger partial charge on any atom is 0.363 e. The Morgan fingerprint density at radius 1 is 0.931 bits per heavy atom. The molecule has 0 saturated carbocycles. The van der Waals surface area contributed by atoms with Crippen molar-refractivity contribution in [3.8, 4) is 11.5 Å². The highest BCUT2D eigenvalue weighted by molar-refractivity contribution is 6.12. The van der Waals surface area contributed by atoms with Gasteiger partial charge in [-0.05, 0) is 48.0 Å². The second-order valence-electron chi connectivity index (χ2n) is 6.13. The van der Waals surface area contributed by atoms with Crippen LogP contribution in [0.25, 0.3) is 6.08 Å². The van der Waals surface area contributed by atoms with Crippen LogP contribution in [0.2, 0.25) is 0 Å². The van der Waals surface area contributed by atoms with Crippen molar-refractivity contribution >= 4 is 23.6 Å². The Labute approximate surface area is 165 Å². The molecule has 0 amide bonds. The zero-order chi connectivity index (χ0) is 20.2. The zero-order valence-corrected chi connectivity index (χ0v) is 15.0. The van der Waals surface area contributed by atoms with Gasteiger partial charge in [-0.1, -0.05) is 30.3 Å². The fraction of sp³-hybridized carbons (Fsp3) is 0. The van der Waals surface area contributed by atoms with Crippen molar-refractivity contribution in [1.29, 1.82) is 0 Å². The van der Waals surface area contributed by atoms with Gasteiger partial charge in [0.2, 0.25) is 5.90 Å². The fourth-order valence-electron chi connectivity index (χ4n) is 2.71. The Morgan fingerprint density at radius 2 is 1.66 bits per heavy atom. The number of benzene rings is 3. The van der Waals surface area contributed by atoms with Crippen LogP contribution in [0.15, 0.2) is 89.6 Å². The lowest BCUT2D eigenvalue weighted by molar-refractivity contribution is -0.384. The number of non-ortho nitro benzene ring substituents is 1. The summed E-state index contributed by atoms with van der Waals surface area (Å²) in [6.07, 6.45) is 1.60. The number of carbonyl (C=O) groups excluding carboxylic acids is 1. The summed E-state index contributed by atoms with van der Waals surface area (Å²) >= 11 is 0. The number of hydrogen-bond donors (Lipinski definition) is 0. The monoisotopic (exact) mass is 386 g/mol. The molecule has 1 aliphatic heterocycles. The van der Waals surface area contributed by atoms with Crippen molar-refractivity contribution in [2.24, 2.45) is 4.99 Å². The van der Waals surface area contributed by atoms with Gasteiger partial charge in [-0.3, -0.25) is 10.1 Å². The molecule has 0 atom stereocenters. The molecule has 7 nitrogen and oxygen atoms in total. The average Bonchev–Trinajstić information content (AvgIpc) is 3.09. The molecule has 1 heterocycles. The van der Waals surface area contributed by atoms with E-state index in [1.807, 2.05) is 48.5 Å². The second-order valence-corrected chi connectivity index (χ2v) is 6.13. The van der Waals surface area contributed by atoms with Gasteiger partial charge in [-0.25, -0.2) is 9.79 Å². The highest BCUT2D eigenvalue weighted by atomic mass is 16.6. The van der Waals surface area contributed by atoms with E-state index in [1.165, 1.54) is 24.3 Å². The van der Waals surface area contributed by atoms with Crippen LogP contribution in [0.1, 0.15) is 11.1 Å². The van der Waals surface area contributed by atoms with Gasteiger partial charge in [-0.2, -0.15) is 0 Å².